The maximum atomic E-state index is 11.4. The van der Waals surface area contributed by atoms with Crippen molar-refractivity contribution in [1.82, 2.24) is 14.8 Å². The first-order valence-electron chi connectivity index (χ1n) is 6.45. The lowest BCUT2D eigenvalue weighted by atomic mass is 10.1. The first kappa shape index (κ1) is 13.1. The molecule has 0 aliphatic rings. The minimum absolute atomic E-state index is 0.156. The van der Waals surface area contributed by atoms with E-state index in [0.717, 1.165) is 11.3 Å². The quantitative estimate of drug-likeness (QED) is 0.800. The summed E-state index contributed by atoms with van der Waals surface area (Å²) in [5.41, 5.74) is 3.20. The molecule has 5 heteroatoms. The van der Waals surface area contributed by atoms with E-state index < -0.39 is 5.97 Å². The molecule has 5 nitrogen and oxygen atoms in total. The summed E-state index contributed by atoms with van der Waals surface area (Å²) in [5.74, 6) is -1.01. The summed E-state index contributed by atoms with van der Waals surface area (Å²) < 4.78 is 1.57. The molecule has 3 rings (SSSR count). The van der Waals surface area contributed by atoms with Crippen molar-refractivity contribution < 1.29 is 9.90 Å². The van der Waals surface area contributed by atoms with Gasteiger partial charge in [-0.2, -0.15) is 5.10 Å². The highest BCUT2D eigenvalue weighted by molar-refractivity contribution is 5.94. The van der Waals surface area contributed by atoms with Gasteiger partial charge in [0.1, 0.15) is 11.3 Å². The van der Waals surface area contributed by atoms with E-state index in [9.17, 15) is 9.90 Å². The minimum Gasteiger partial charge on any atom is -0.478 e. The summed E-state index contributed by atoms with van der Waals surface area (Å²) >= 11 is 0. The number of carboxylic acid groups (broad SMARTS) is 1. The second-order valence-electron chi connectivity index (χ2n) is 4.72. The summed E-state index contributed by atoms with van der Waals surface area (Å²) in [5, 5.41) is 13.8. The molecule has 0 amide bonds. The van der Waals surface area contributed by atoms with Crippen LogP contribution in [-0.4, -0.2) is 25.8 Å². The molecule has 0 atom stereocenters. The Bertz CT molecular complexity index is 777. The number of rotatable bonds is 3. The molecular weight excluding hydrogens is 266 g/mol. The number of hydrogen-bond donors (Lipinski definition) is 1. The zero-order valence-corrected chi connectivity index (χ0v) is 11.4. The van der Waals surface area contributed by atoms with E-state index in [1.807, 2.05) is 31.2 Å². The molecule has 2 aromatic heterocycles. The summed E-state index contributed by atoms with van der Waals surface area (Å²) in [6.07, 6.45) is 4.77. The van der Waals surface area contributed by atoms with E-state index in [-0.39, 0.29) is 5.56 Å². The molecular formula is C16H13N3O2. The second kappa shape index (κ2) is 5.20. The zero-order valence-electron chi connectivity index (χ0n) is 11.4. The van der Waals surface area contributed by atoms with Crippen LogP contribution in [0.2, 0.25) is 0 Å². The standard InChI is InChI=1S/C16H13N3O2/c1-11-4-6-13(7-5-11)19-10-14(16(20)21)15(18-19)12-3-2-8-17-9-12/h2-10H,1H3,(H,20,21). The van der Waals surface area contributed by atoms with Gasteiger partial charge in [-0.25, -0.2) is 9.48 Å². The molecule has 0 saturated heterocycles. The number of hydrogen-bond acceptors (Lipinski definition) is 3. The van der Waals surface area contributed by atoms with Gasteiger partial charge in [0.05, 0.1) is 5.69 Å². The molecule has 0 spiro atoms. The average Bonchev–Trinajstić information content (AvgIpc) is 2.94. The maximum absolute atomic E-state index is 11.4. The van der Waals surface area contributed by atoms with Crippen molar-refractivity contribution in [3.8, 4) is 16.9 Å². The fourth-order valence-corrected chi connectivity index (χ4v) is 2.08. The van der Waals surface area contributed by atoms with Gasteiger partial charge in [0.2, 0.25) is 0 Å². The highest BCUT2D eigenvalue weighted by atomic mass is 16.4. The fraction of sp³-hybridized carbons (Fsp3) is 0.0625. The maximum Gasteiger partial charge on any atom is 0.339 e. The lowest BCUT2D eigenvalue weighted by molar-refractivity contribution is 0.0697. The van der Waals surface area contributed by atoms with Crippen molar-refractivity contribution in [1.29, 1.82) is 0 Å². The second-order valence-corrected chi connectivity index (χ2v) is 4.72. The van der Waals surface area contributed by atoms with Crippen molar-refractivity contribution in [3.63, 3.8) is 0 Å². The first-order valence-corrected chi connectivity index (χ1v) is 6.45. The molecule has 0 aliphatic carbocycles. The van der Waals surface area contributed by atoms with Gasteiger partial charge >= 0.3 is 5.97 Å². The van der Waals surface area contributed by atoms with E-state index in [0.29, 0.717) is 11.3 Å². The van der Waals surface area contributed by atoms with E-state index in [4.69, 9.17) is 0 Å². The topological polar surface area (TPSA) is 68.0 Å². The van der Waals surface area contributed by atoms with Crippen molar-refractivity contribution >= 4 is 5.97 Å². The molecule has 0 unspecified atom stereocenters. The van der Waals surface area contributed by atoms with Crippen LogP contribution in [0, 0.1) is 6.92 Å². The molecule has 0 aliphatic heterocycles. The molecule has 0 saturated carbocycles. The summed E-state index contributed by atoms with van der Waals surface area (Å²) in [6, 6.07) is 11.3. The van der Waals surface area contributed by atoms with Crippen molar-refractivity contribution in [3.05, 3.63) is 66.1 Å². The number of nitrogens with zero attached hydrogens (tertiary/aromatic N) is 3. The Balaban J connectivity index is 2.13. The van der Waals surface area contributed by atoms with E-state index in [1.54, 1.807) is 29.2 Å². The normalized spacial score (nSPS) is 10.5. The summed E-state index contributed by atoms with van der Waals surface area (Å²) in [7, 11) is 0. The molecule has 1 aromatic carbocycles. The minimum atomic E-state index is -1.01. The van der Waals surface area contributed by atoms with E-state index in [2.05, 4.69) is 10.1 Å². The van der Waals surface area contributed by atoms with Gasteiger partial charge in [-0.1, -0.05) is 17.7 Å². The lowest BCUT2D eigenvalue weighted by Gasteiger charge is -2.01. The third kappa shape index (κ3) is 2.53. The highest BCUT2D eigenvalue weighted by Crippen LogP contribution is 2.23. The number of carbonyl (C=O) groups is 1. The Morgan fingerprint density at radius 2 is 1.95 bits per heavy atom. The molecule has 1 N–H and O–H groups in total. The predicted molar refractivity (Wildman–Crippen MR) is 78.5 cm³/mol. The average molecular weight is 279 g/mol. The largest absolute Gasteiger partial charge is 0.478 e. The zero-order chi connectivity index (χ0) is 14.8. The van der Waals surface area contributed by atoms with Gasteiger partial charge in [0.25, 0.3) is 0 Å². The monoisotopic (exact) mass is 279 g/mol. The van der Waals surface area contributed by atoms with Crippen LogP contribution in [-0.2, 0) is 0 Å². The molecule has 21 heavy (non-hydrogen) atoms. The van der Waals surface area contributed by atoms with Crippen LogP contribution in [0.25, 0.3) is 16.9 Å². The summed E-state index contributed by atoms with van der Waals surface area (Å²) in [6.45, 7) is 2.00. The third-order valence-electron chi connectivity index (χ3n) is 3.18. The van der Waals surface area contributed by atoms with Crippen molar-refractivity contribution in [2.45, 2.75) is 6.92 Å². The number of carboxylic acids is 1. The SMILES string of the molecule is Cc1ccc(-n2cc(C(=O)O)c(-c3cccnc3)n2)cc1. The van der Waals surface area contributed by atoms with E-state index in [1.165, 1.54) is 6.20 Å². The van der Waals surface area contributed by atoms with Crippen LogP contribution in [0.4, 0.5) is 0 Å². The Hall–Kier alpha value is -2.95. The smallest absolute Gasteiger partial charge is 0.339 e. The lowest BCUT2D eigenvalue weighted by Crippen LogP contribution is -1.96. The van der Waals surface area contributed by atoms with Gasteiger partial charge in [-0.15, -0.1) is 0 Å². The van der Waals surface area contributed by atoms with Gasteiger partial charge in [-0.3, -0.25) is 4.98 Å². The van der Waals surface area contributed by atoms with E-state index >= 15 is 0 Å². The van der Waals surface area contributed by atoms with Crippen LogP contribution in [0.15, 0.2) is 55.0 Å². The van der Waals surface area contributed by atoms with Gasteiger partial charge < -0.3 is 5.11 Å². The van der Waals surface area contributed by atoms with Crippen molar-refractivity contribution in [2.24, 2.45) is 0 Å². The van der Waals surface area contributed by atoms with Crippen LogP contribution >= 0.6 is 0 Å². The Labute approximate surface area is 121 Å². The van der Waals surface area contributed by atoms with Crippen LogP contribution in [0.3, 0.4) is 0 Å². The number of aromatic nitrogens is 3. The molecule has 0 bridgehead atoms. The first-order chi connectivity index (χ1) is 10.1. The van der Waals surface area contributed by atoms with Crippen LogP contribution in [0.5, 0.6) is 0 Å². The van der Waals surface area contributed by atoms with Gasteiger partial charge in [0.15, 0.2) is 0 Å². The van der Waals surface area contributed by atoms with Crippen molar-refractivity contribution in [2.75, 3.05) is 0 Å². The summed E-state index contributed by atoms with van der Waals surface area (Å²) in [4.78, 5) is 15.4. The molecule has 0 radical (unpaired) electrons. The molecule has 3 aromatic rings. The fourth-order valence-electron chi connectivity index (χ4n) is 2.08. The Morgan fingerprint density at radius 3 is 2.57 bits per heavy atom. The van der Waals surface area contributed by atoms with Crippen LogP contribution in [0.1, 0.15) is 15.9 Å². The number of benzene rings is 1. The number of pyridine rings is 1. The predicted octanol–water partition coefficient (Wildman–Crippen LogP) is 2.94. The Morgan fingerprint density at radius 1 is 1.19 bits per heavy atom. The molecule has 2 heterocycles. The Kier molecular flexibility index (Phi) is 3.23. The number of aromatic carboxylic acids is 1. The molecule has 0 fully saturated rings. The van der Waals surface area contributed by atoms with Gasteiger partial charge in [0, 0.05) is 24.2 Å². The third-order valence-corrected chi connectivity index (χ3v) is 3.18. The highest BCUT2D eigenvalue weighted by Gasteiger charge is 2.17. The van der Waals surface area contributed by atoms with Crippen LogP contribution < -0.4 is 0 Å². The number of aryl methyl sites for hydroxylation is 1. The van der Waals surface area contributed by atoms with Gasteiger partial charge in [-0.05, 0) is 31.2 Å². The molecule has 104 valence electrons.